The summed E-state index contributed by atoms with van der Waals surface area (Å²) in [6.45, 7) is 6.07. The smallest absolute Gasteiger partial charge is 0.0935 e. The first-order chi connectivity index (χ1) is 6.13. The van der Waals surface area contributed by atoms with Gasteiger partial charge >= 0.3 is 0 Å². The van der Waals surface area contributed by atoms with Crippen LogP contribution in [-0.2, 0) is 0 Å². The molecule has 1 rings (SSSR count). The van der Waals surface area contributed by atoms with Crippen LogP contribution in [0.5, 0.6) is 0 Å². The van der Waals surface area contributed by atoms with Gasteiger partial charge in [-0.1, -0.05) is 17.7 Å². The van der Waals surface area contributed by atoms with Crippen LogP contribution >= 0.6 is 11.8 Å². The van der Waals surface area contributed by atoms with E-state index in [4.69, 9.17) is 5.26 Å². The molecule has 0 saturated carbocycles. The van der Waals surface area contributed by atoms with E-state index in [2.05, 4.69) is 38.1 Å². The minimum atomic E-state index is 0.0282. The highest BCUT2D eigenvalue weighted by molar-refractivity contribution is 8.00. The Kier molecular flexibility index (Phi) is 3.39. The molecule has 1 aromatic carbocycles. The maximum atomic E-state index is 8.69. The molecule has 0 aliphatic carbocycles. The van der Waals surface area contributed by atoms with E-state index in [1.54, 1.807) is 11.8 Å². The molecule has 0 bridgehead atoms. The minimum absolute atomic E-state index is 0.0282. The van der Waals surface area contributed by atoms with E-state index in [1.807, 2.05) is 6.92 Å². The van der Waals surface area contributed by atoms with Crippen molar-refractivity contribution in [3.8, 4) is 6.07 Å². The molecule has 1 aromatic rings. The Morgan fingerprint density at radius 3 is 2.69 bits per heavy atom. The van der Waals surface area contributed by atoms with Gasteiger partial charge in [0.15, 0.2) is 0 Å². The third kappa shape index (κ3) is 2.78. The number of hydrogen-bond acceptors (Lipinski definition) is 2. The second-order valence-electron chi connectivity index (χ2n) is 3.16. The molecule has 0 saturated heterocycles. The van der Waals surface area contributed by atoms with Crippen LogP contribution in [0.15, 0.2) is 23.1 Å². The zero-order valence-electron chi connectivity index (χ0n) is 8.16. The van der Waals surface area contributed by atoms with Crippen LogP contribution in [0.4, 0.5) is 0 Å². The first-order valence-electron chi connectivity index (χ1n) is 4.27. The van der Waals surface area contributed by atoms with Crippen LogP contribution in [-0.4, -0.2) is 5.25 Å². The van der Waals surface area contributed by atoms with Crippen molar-refractivity contribution in [2.24, 2.45) is 0 Å². The normalized spacial score (nSPS) is 12.2. The molecule has 0 aliphatic heterocycles. The van der Waals surface area contributed by atoms with Crippen molar-refractivity contribution in [3.05, 3.63) is 29.3 Å². The van der Waals surface area contributed by atoms with Crippen LogP contribution in [0.3, 0.4) is 0 Å². The van der Waals surface area contributed by atoms with Gasteiger partial charge in [0, 0.05) is 4.90 Å². The van der Waals surface area contributed by atoms with Crippen molar-refractivity contribution < 1.29 is 0 Å². The van der Waals surface area contributed by atoms with Crippen LogP contribution in [0, 0.1) is 25.2 Å². The Morgan fingerprint density at radius 2 is 2.08 bits per heavy atom. The summed E-state index contributed by atoms with van der Waals surface area (Å²) >= 11 is 1.62. The van der Waals surface area contributed by atoms with Crippen LogP contribution < -0.4 is 0 Å². The fourth-order valence-corrected chi connectivity index (χ4v) is 1.99. The standard InChI is InChI=1S/C11H13NS/c1-8-4-5-9(2)11(6-8)13-10(3)7-12/h4-6,10H,1-3H3/t10-/m0/s1. The zero-order chi connectivity index (χ0) is 9.84. The summed E-state index contributed by atoms with van der Waals surface area (Å²) in [7, 11) is 0. The van der Waals surface area contributed by atoms with E-state index in [1.165, 1.54) is 16.0 Å². The highest BCUT2D eigenvalue weighted by atomic mass is 32.2. The van der Waals surface area contributed by atoms with Gasteiger partial charge in [0.2, 0.25) is 0 Å². The van der Waals surface area contributed by atoms with E-state index in [9.17, 15) is 0 Å². The Hall–Kier alpha value is -0.940. The van der Waals surface area contributed by atoms with Crippen molar-refractivity contribution in [3.63, 3.8) is 0 Å². The lowest BCUT2D eigenvalue weighted by atomic mass is 10.2. The first-order valence-corrected chi connectivity index (χ1v) is 5.15. The summed E-state index contributed by atoms with van der Waals surface area (Å²) in [5.41, 5.74) is 2.50. The summed E-state index contributed by atoms with van der Waals surface area (Å²) < 4.78 is 0. The molecule has 0 spiro atoms. The molecule has 0 N–H and O–H groups in total. The van der Waals surface area contributed by atoms with Gasteiger partial charge < -0.3 is 0 Å². The molecule has 0 fully saturated rings. The molecular formula is C11H13NS. The summed E-state index contributed by atoms with van der Waals surface area (Å²) in [6.07, 6.45) is 0. The number of nitrogens with zero attached hydrogens (tertiary/aromatic N) is 1. The average molecular weight is 191 g/mol. The molecule has 13 heavy (non-hydrogen) atoms. The number of benzene rings is 1. The number of rotatable bonds is 2. The lowest BCUT2D eigenvalue weighted by Gasteiger charge is -2.07. The quantitative estimate of drug-likeness (QED) is 0.670. The van der Waals surface area contributed by atoms with E-state index in [-0.39, 0.29) is 5.25 Å². The van der Waals surface area contributed by atoms with Gasteiger partial charge in [-0.05, 0) is 32.4 Å². The number of nitriles is 1. The number of aryl methyl sites for hydroxylation is 2. The lowest BCUT2D eigenvalue weighted by Crippen LogP contribution is -1.91. The van der Waals surface area contributed by atoms with Crippen molar-refractivity contribution in [2.75, 3.05) is 0 Å². The Balaban J connectivity index is 2.88. The van der Waals surface area contributed by atoms with E-state index >= 15 is 0 Å². The molecule has 68 valence electrons. The van der Waals surface area contributed by atoms with Gasteiger partial charge in [0.1, 0.15) is 0 Å². The van der Waals surface area contributed by atoms with E-state index < -0.39 is 0 Å². The maximum absolute atomic E-state index is 8.69. The fraction of sp³-hybridized carbons (Fsp3) is 0.364. The maximum Gasteiger partial charge on any atom is 0.0935 e. The topological polar surface area (TPSA) is 23.8 Å². The zero-order valence-corrected chi connectivity index (χ0v) is 8.98. The Labute approximate surface area is 83.8 Å². The van der Waals surface area contributed by atoms with E-state index in [0.717, 1.165) is 0 Å². The molecule has 0 heterocycles. The van der Waals surface area contributed by atoms with Crippen LogP contribution in [0.2, 0.25) is 0 Å². The van der Waals surface area contributed by atoms with Gasteiger partial charge in [-0.3, -0.25) is 0 Å². The molecule has 1 atom stereocenters. The molecule has 0 unspecified atom stereocenters. The molecular weight excluding hydrogens is 178 g/mol. The second-order valence-corrected chi connectivity index (χ2v) is 4.54. The van der Waals surface area contributed by atoms with Gasteiger partial charge in [-0.15, -0.1) is 11.8 Å². The first kappa shape index (κ1) is 10.1. The van der Waals surface area contributed by atoms with Crippen molar-refractivity contribution in [1.82, 2.24) is 0 Å². The molecule has 0 aromatic heterocycles. The van der Waals surface area contributed by atoms with Crippen LogP contribution in [0.1, 0.15) is 18.1 Å². The molecule has 0 amide bonds. The van der Waals surface area contributed by atoms with Gasteiger partial charge in [-0.2, -0.15) is 5.26 Å². The molecule has 0 radical (unpaired) electrons. The lowest BCUT2D eigenvalue weighted by molar-refractivity contribution is 1.20. The van der Waals surface area contributed by atoms with Crippen LogP contribution in [0.25, 0.3) is 0 Å². The summed E-state index contributed by atoms with van der Waals surface area (Å²) in [4.78, 5) is 1.22. The number of thioether (sulfide) groups is 1. The molecule has 0 aliphatic rings. The summed E-state index contributed by atoms with van der Waals surface area (Å²) in [5.74, 6) is 0. The average Bonchev–Trinajstić information content (AvgIpc) is 2.11. The summed E-state index contributed by atoms with van der Waals surface area (Å²) in [6, 6.07) is 8.55. The SMILES string of the molecule is Cc1ccc(C)c(S[C@@H](C)C#N)c1. The monoisotopic (exact) mass is 191 g/mol. The predicted octanol–water partition coefficient (Wildman–Crippen LogP) is 3.31. The van der Waals surface area contributed by atoms with Crippen molar-refractivity contribution >= 4 is 11.8 Å². The fourth-order valence-electron chi connectivity index (χ4n) is 1.05. The third-order valence-electron chi connectivity index (χ3n) is 1.83. The summed E-state index contributed by atoms with van der Waals surface area (Å²) in [5, 5.41) is 8.71. The Bertz CT molecular complexity index is 338. The Morgan fingerprint density at radius 1 is 1.38 bits per heavy atom. The third-order valence-corrected chi connectivity index (χ3v) is 2.98. The van der Waals surface area contributed by atoms with Crippen molar-refractivity contribution in [2.45, 2.75) is 30.9 Å². The van der Waals surface area contributed by atoms with Gasteiger partial charge in [0.25, 0.3) is 0 Å². The largest absolute Gasteiger partial charge is 0.197 e. The van der Waals surface area contributed by atoms with Crippen molar-refractivity contribution in [1.29, 1.82) is 5.26 Å². The van der Waals surface area contributed by atoms with Gasteiger partial charge in [-0.25, -0.2) is 0 Å². The molecule has 1 nitrogen and oxygen atoms in total. The number of hydrogen-bond donors (Lipinski definition) is 0. The predicted molar refractivity (Wildman–Crippen MR) is 56.8 cm³/mol. The highest BCUT2D eigenvalue weighted by Gasteiger charge is 2.04. The van der Waals surface area contributed by atoms with Gasteiger partial charge in [0.05, 0.1) is 11.3 Å². The van der Waals surface area contributed by atoms with E-state index in [0.29, 0.717) is 0 Å². The molecule has 2 heteroatoms. The highest BCUT2D eigenvalue weighted by Crippen LogP contribution is 2.26. The minimum Gasteiger partial charge on any atom is -0.197 e. The second kappa shape index (κ2) is 4.34.